The van der Waals surface area contributed by atoms with E-state index in [1.807, 2.05) is 12.3 Å². The predicted octanol–water partition coefficient (Wildman–Crippen LogP) is 4.10. The molecular weight excluding hydrogens is 313 g/mol. The molecule has 1 aliphatic carbocycles. The lowest BCUT2D eigenvalue weighted by molar-refractivity contribution is -0.183. The highest BCUT2D eigenvalue weighted by Crippen LogP contribution is 2.44. The zero-order valence-corrected chi connectivity index (χ0v) is 13.2. The molecule has 1 saturated carbocycles. The molecule has 1 N–H and O–H groups in total. The summed E-state index contributed by atoms with van der Waals surface area (Å²) in [6, 6.07) is 0. The minimum Gasteiger partial charge on any atom is -0.344 e. The Morgan fingerprint density at radius 1 is 1.41 bits per heavy atom. The maximum Gasteiger partial charge on any atom is 0.391 e. The summed E-state index contributed by atoms with van der Waals surface area (Å²) in [5.41, 5.74) is 0.300. The lowest BCUT2D eigenvalue weighted by Crippen LogP contribution is -2.35. The van der Waals surface area contributed by atoms with Crippen molar-refractivity contribution >= 4 is 17.2 Å². The fourth-order valence-electron chi connectivity index (χ4n) is 3.44. The summed E-state index contributed by atoms with van der Waals surface area (Å²) in [6.45, 7) is 1.93. The molecule has 0 aromatic carbocycles. The fraction of sp³-hybridized carbons (Fsp3) is 0.733. The number of carbonyl (C=O) groups excluding carboxylic acids is 1. The topological polar surface area (TPSA) is 42.0 Å². The van der Waals surface area contributed by atoms with Crippen LogP contribution < -0.4 is 5.32 Å². The molecule has 2 fully saturated rings. The average molecular weight is 332 g/mol. The van der Waals surface area contributed by atoms with Crippen molar-refractivity contribution < 1.29 is 18.0 Å². The molecule has 22 heavy (non-hydrogen) atoms. The molecule has 1 aliphatic heterocycles. The monoisotopic (exact) mass is 332 g/mol. The molecule has 3 rings (SSSR count). The first-order chi connectivity index (χ1) is 10.3. The van der Waals surface area contributed by atoms with E-state index in [1.165, 1.54) is 11.3 Å². The quantitative estimate of drug-likeness (QED) is 0.886. The Morgan fingerprint density at radius 2 is 2.18 bits per heavy atom. The Labute approximate surface area is 131 Å². The summed E-state index contributed by atoms with van der Waals surface area (Å²) >= 11 is 1.44. The molecule has 1 aromatic rings. The van der Waals surface area contributed by atoms with E-state index in [0.29, 0.717) is 19.3 Å². The maximum atomic E-state index is 12.9. The second-order valence-electron chi connectivity index (χ2n) is 6.56. The van der Waals surface area contributed by atoms with Gasteiger partial charge in [-0.25, -0.2) is 4.98 Å². The summed E-state index contributed by atoms with van der Waals surface area (Å²) < 4.78 is 38.8. The third-order valence-electron chi connectivity index (χ3n) is 4.82. The molecule has 0 radical (unpaired) electrons. The molecule has 1 saturated heterocycles. The predicted molar refractivity (Wildman–Crippen MR) is 77.6 cm³/mol. The second kappa shape index (κ2) is 5.51. The van der Waals surface area contributed by atoms with Gasteiger partial charge in [0.25, 0.3) is 0 Å². The fourth-order valence-corrected chi connectivity index (χ4v) is 4.49. The molecule has 0 bridgehead atoms. The van der Waals surface area contributed by atoms with Gasteiger partial charge in [0.15, 0.2) is 0 Å². The van der Waals surface area contributed by atoms with Crippen LogP contribution in [0.3, 0.4) is 0 Å². The summed E-state index contributed by atoms with van der Waals surface area (Å²) in [5, 5.41) is 5.60. The number of hydrogen-bond acceptors (Lipinski definition) is 3. The highest BCUT2D eigenvalue weighted by molar-refractivity contribution is 7.09. The van der Waals surface area contributed by atoms with Gasteiger partial charge in [0.2, 0.25) is 5.91 Å². The van der Waals surface area contributed by atoms with Crippen LogP contribution in [0.2, 0.25) is 0 Å². The third kappa shape index (κ3) is 3.00. The van der Waals surface area contributed by atoms with Crippen molar-refractivity contribution in [2.45, 2.75) is 63.1 Å². The van der Waals surface area contributed by atoms with Crippen LogP contribution in [-0.2, 0) is 10.3 Å². The Bertz CT molecular complexity index is 571. The molecule has 1 amide bonds. The summed E-state index contributed by atoms with van der Waals surface area (Å²) in [5.74, 6) is -1.32. The van der Waals surface area contributed by atoms with Gasteiger partial charge in [-0.05, 0) is 32.6 Å². The van der Waals surface area contributed by atoms with Gasteiger partial charge in [-0.2, -0.15) is 13.2 Å². The number of nitrogens with one attached hydrogen (secondary N) is 1. The standard InChI is InChI=1S/C15H19F3N2OS/c1-14(6-5-12(21)20-14)13-19-11(8-22-13)9-3-2-4-10(7-9)15(16,17)18/h8-10H,2-7H2,1H3,(H,20,21). The van der Waals surface area contributed by atoms with Crippen molar-refractivity contribution in [2.75, 3.05) is 0 Å². The van der Waals surface area contributed by atoms with Crippen LogP contribution in [0.1, 0.15) is 62.1 Å². The maximum absolute atomic E-state index is 12.9. The molecule has 2 aliphatic rings. The van der Waals surface area contributed by atoms with Gasteiger partial charge in [-0.3, -0.25) is 4.79 Å². The largest absolute Gasteiger partial charge is 0.391 e. The summed E-state index contributed by atoms with van der Waals surface area (Å²) in [4.78, 5) is 16.0. The first-order valence-electron chi connectivity index (χ1n) is 7.61. The van der Waals surface area contributed by atoms with Gasteiger partial charge in [0, 0.05) is 17.7 Å². The lowest BCUT2D eigenvalue weighted by atomic mass is 9.80. The van der Waals surface area contributed by atoms with E-state index in [4.69, 9.17) is 0 Å². The molecule has 3 unspecified atom stereocenters. The number of hydrogen-bond donors (Lipinski definition) is 1. The lowest BCUT2D eigenvalue weighted by Gasteiger charge is -2.29. The Kier molecular flexibility index (Phi) is 3.95. The van der Waals surface area contributed by atoms with Crippen LogP contribution in [0.4, 0.5) is 13.2 Å². The van der Waals surface area contributed by atoms with E-state index in [-0.39, 0.29) is 24.7 Å². The highest BCUT2D eigenvalue weighted by Gasteiger charge is 2.43. The smallest absolute Gasteiger partial charge is 0.344 e. The number of alkyl halides is 3. The van der Waals surface area contributed by atoms with Crippen LogP contribution in [0.15, 0.2) is 5.38 Å². The van der Waals surface area contributed by atoms with Crippen LogP contribution in [0.25, 0.3) is 0 Å². The van der Waals surface area contributed by atoms with Gasteiger partial charge >= 0.3 is 6.18 Å². The average Bonchev–Trinajstić information content (AvgIpc) is 3.06. The number of rotatable bonds is 2. The number of aromatic nitrogens is 1. The molecule has 7 heteroatoms. The minimum atomic E-state index is -4.11. The highest BCUT2D eigenvalue weighted by atomic mass is 32.1. The third-order valence-corrected chi connectivity index (χ3v) is 5.94. The molecule has 122 valence electrons. The minimum absolute atomic E-state index is 0.00838. The first-order valence-corrected chi connectivity index (χ1v) is 8.49. The Hall–Kier alpha value is -1.11. The normalized spacial score (nSPS) is 33.0. The molecule has 1 aromatic heterocycles. The van der Waals surface area contributed by atoms with Crippen molar-refractivity contribution in [3.05, 3.63) is 16.1 Å². The molecule has 3 nitrogen and oxygen atoms in total. The number of carbonyl (C=O) groups is 1. The number of nitrogens with zero attached hydrogens (tertiary/aromatic N) is 1. The van der Waals surface area contributed by atoms with Crippen molar-refractivity contribution in [1.29, 1.82) is 0 Å². The number of halogens is 3. The second-order valence-corrected chi connectivity index (χ2v) is 7.42. The van der Waals surface area contributed by atoms with Gasteiger partial charge in [0.05, 0.1) is 17.2 Å². The van der Waals surface area contributed by atoms with E-state index in [1.54, 1.807) is 0 Å². The van der Waals surface area contributed by atoms with E-state index in [0.717, 1.165) is 17.1 Å². The number of amides is 1. The van der Waals surface area contributed by atoms with Gasteiger partial charge in [-0.15, -0.1) is 11.3 Å². The summed E-state index contributed by atoms with van der Waals surface area (Å²) in [7, 11) is 0. The van der Waals surface area contributed by atoms with Gasteiger partial charge in [0.1, 0.15) is 5.01 Å². The first kappa shape index (κ1) is 15.8. The van der Waals surface area contributed by atoms with E-state index < -0.39 is 17.6 Å². The van der Waals surface area contributed by atoms with Crippen LogP contribution in [0.5, 0.6) is 0 Å². The van der Waals surface area contributed by atoms with Crippen LogP contribution >= 0.6 is 11.3 Å². The number of thiazole rings is 1. The molecular formula is C15H19F3N2OS. The van der Waals surface area contributed by atoms with Crippen molar-refractivity contribution in [3.8, 4) is 0 Å². The molecule has 3 atom stereocenters. The van der Waals surface area contributed by atoms with Crippen molar-refractivity contribution in [2.24, 2.45) is 5.92 Å². The molecule has 2 heterocycles. The van der Waals surface area contributed by atoms with Gasteiger partial charge < -0.3 is 5.32 Å². The molecule has 0 spiro atoms. The Balaban J connectivity index is 1.75. The Morgan fingerprint density at radius 3 is 2.82 bits per heavy atom. The van der Waals surface area contributed by atoms with Crippen LogP contribution in [-0.4, -0.2) is 17.1 Å². The zero-order valence-electron chi connectivity index (χ0n) is 12.4. The van der Waals surface area contributed by atoms with Crippen LogP contribution in [0, 0.1) is 5.92 Å². The SMILES string of the molecule is CC1(c2nc(C3CCCC(C(F)(F)F)C3)cs2)CCC(=O)N1. The van der Waals surface area contributed by atoms with Crippen molar-refractivity contribution in [1.82, 2.24) is 10.3 Å². The van der Waals surface area contributed by atoms with E-state index >= 15 is 0 Å². The zero-order chi connectivity index (χ0) is 16.0. The van der Waals surface area contributed by atoms with Crippen molar-refractivity contribution in [3.63, 3.8) is 0 Å². The van der Waals surface area contributed by atoms with E-state index in [9.17, 15) is 18.0 Å². The van der Waals surface area contributed by atoms with E-state index in [2.05, 4.69) is 10.3 Å². The summed E-state index contributed by atoms with van der Waals surface area (Å²) in [6.07, 6.45) is -1.22. The van der Waals surface area contributed by atoms with Gasteiger partial charge in [-0.1, -0.05) is 6.42 Å².